The normalized spacial score (nSPS) is 12.7. The molecule has 0 saturated carbocycles. The highest BCUT2D eigenvalue weighted by Gasteiger charge is 2.25. The van der Waals surface area contributed by atoms with Gasteiger partial charge in [-0.05, 0) is 43.3 Å². The maximum atomic E-state index is 14.9. The Morgan fingerprint density at radius 2 is 1.74 bits per heavy atom. The molecule has 6 rings (SSSR count). The molecule has 1 atom stereocenters. The van der Waals surface area contributed by atoms with Crippen LogP contribution >= 0.6 is 11.6 Å². The van der Waals surface area contributed by atoms with Crippen LogP contribution in [0.5, 0.6) is 0 Å². The van der Waals surface area contributed by atoms with Crippen molar-refractivity contribution in [1.29, 1.82) is 0 Å². The Hall–Kier alpha value is -5.19. The van der Waals surface area contributed by atoms with E-state index in [1.54, 1.807) is 42.2 Å². The highest BCUT2D eigenvalue weighted by molar-refractivity contribution is 6.31. The van der Waals surface area contributed by atoms with Gasteiger partial charge in [-0.1, -0.05) is 41.1 Å². The summed E-state index contributed by atoms with van der Waals surface area (Å²) < 4.78 is 52.5. The zero-order valence-corrected chi connectivity index (χ0v) is 30.1. The first kappa shape index (κ1) is 38.5. The van der Waals surface area contributed by atoms with E-state index in [2.05, 4.69) is 25.6 Å². The van der Waals surface area contributed by atoms with E-state index in [1.807, 2.05) is 24.3 Å². The molecule has 16 heteroatoms. The molecule has 0 bridgehead atoms. The number of ether oxygens (including phenoxy) is 4. The third kappa shape index (κ3) is 10.1. The number of halogens is 3. The SMILES string of the molecule is CCOC(=O)CCOCCOCC(O)COCCn1cc(-c2ccc(Nc3ncc4c(n3)-c3ccc(Cl)cc3C(c3c(F)cccc3F)=NC4)cc2)nn1. The molecule has 282 valence electrons. The predicted octanol–water partition coefficient (Wildman–Crippen LogP) is 5.79. The molecule has 0 fully saturated rings. The van der Waals surface area contributed by atoms with Gasteiger partial charge in [-0.25, -0.2) is 23.4 Å². The molecule has 1 aliphatic rings. The van der Waals surface area contributed by atoms with Gasteiger partial charge in [0.15, 0.2) is 0 Å². The van der Waals surface area contributed by atoms with Crippen molar-refractivity contribution in [2.24, 2.45) is 4.99 Å². The molecule has 0 aliphatic carbocycles. The molecule has 0 amide bonds. The summed E-state index contributed by atoms with van der Waals surface area (Å²) in [7, 11) is 0. The minimum absolute atomic E-state index is 0.0939. The number of hydrogen-bond acceptors (Lipinski definition) is 12. The van der Waals surface area contributed by atoms with Gasteiger partial charge >= 0.3 is 5.97 Å². The lowest BCUT2D eigenvalue weighted by Gasteiger charge is -2.13. The molecular weight excluding hydrogens is 724 g/mol. The van der Waals surface area contributed by atoms with E-state index in [-0.39, 0.29) is 56.6 Å². The summed E-state index contributed by atoms with van der Waals surface area (Å²) in [6.45, 7) is 3.98. The number of esters is 1. The molecule has 1 aliphatic heterocycles. The molecule has 0 spiro atoms. The number of aliphatic hydroxyl groups is 1. The Morgan fingerprint density at radius 3 is 2.52 bits per heavy atom. The van der Waals surface area contributed by atoms with Crippen LogP contribution in [0.15, 0.2) is 78.0 Å². The topological polar surface area (TPSA) is 155 Å². The molecule has 3 heterocycles. The van der Waals surface area contributed by atoms with Gasteiger partial charge in [0.05, 0.1) is 88.9 Å². The number of benzene rings is 3. The van der Waals surface area contributed by atoms with Crippen molar-refractivity contribution < 1.29 is 37.6 Å². The standard InChI is InChI=1S/C38H38ClF2N7O6/c1-2-54-34(50)12-14-51-16-17-53-23-28(49)22-52-15-13-48-21-33(46-47-48)24-6-9-27(10-7-24)44-38-43-20-25-19-42-37(35-31(40)4-3-5-32(35)41)30-18-26(39)8-11-29(30)36(25)45-38/h3-11,18,20-21,28,49H,2,12-17,19,22-23H2,1H3,(H,43,44,45). The quantitative estimate of drug-likeness (QED) is 0.0824. The lowest BCUT2D eigenvalue weighted by Crippen LogP contribution is -2.24. The monoisotopic (exact) mass is 761 g/mol. The molecule has 1 unspecified atom stereocenters. The predicted molar refractivity (Wildman–Crippen MR) is 197 cm³/mol. The number of anilines is 2. The van der Waals surface area contributed by atoms with E-state index in [1.165, 1.54) is 18.2 Å². The zero-order valence-electron chi connectivity index (χ0n) is 29.4. The van der Waals surface area contributed by atoms with Crippen molar-refractivity contribution in [1.82, 2.24) is 25.0 Å². The van der Waals surface area contributed by atoms with Gasteiger partial charge in [-0.15, -0.1) is 5.10 Å². The van der Waals surface area contributed by atoms with Crippen LogP contribution in [0, 0.1) is 11.6 Å². The average molecular weight is 762 g/mol. The van der Waals surface area contributed by atoms with E-state index in [4.69, 9.17) is 35.5 Å². The largest absolute Gasteiger partial charge is 0.466 e. The summed E-state index contributed by atoms with van der Waals surface area (Å²) in [5, 5.41) is 22.1. The number of hydrogen-bond donors (Lipinski definition) is 2. The number of nitrogens with one attached hydrogen (secondary N) is 1. The van der Waals surface area contributed by atoms with Gasteiger partial charge in [0.1, 0.15) is 23.4 Å². The average Bonchev–Trinajstić information content (AvgIpc) is 3.58. The number of aliphatic hydroxyl groups excluding tert-OH is 1. The van der Waals surface area contributed by atoms with Crippen LogP contribution in [-0.2, 0) is 36.8 Å². The van der Waals surface area contributed by atoms with Crippen molar-refractivity contribution in [2.45, 2.75) is 32.5 Å². The second kappa shape index (κ2) is 18.7. The van der Waals surface area contributed by atoms with Gasteiger partial charge in [-0.2, -0.15) is 0 Å². The van der Waals surface area contributed by atoms with E-state index in [0.717, 1.165) is 11.3 Å². The number of fused-ring (bicyclic) bond motifs is 3. The highest BCUT2D eigenvalue weighted by Crippen LogP contribution is 2.35. The number of carbonyl (C=O) groups is 1. The fourth-order valence-electron chi connectivity index (χ4n) is 5.57. The summed E-state index contributed by atoms with van der Waals surface area (Å²) in [4.78, 5) is 25.1. The van der Waals surface area contributed by atoms with Gasteiger partial charge in [0, 0.05) is 39.2 Å². The van der Waals surface area contributed by atoms with Crippen LogP contribution < -0.4 is 5.32 Å². The first-order valence-electron chi connectivity index (χ1n) is 17.3. The second-order valence-corrected chi connectivity index (χ2v) is 12.5. The van der Waals surface area contributed by atoms with Crippen LogP contribution in [0.1, 0.15) is 30.0 Å². The second-order valence-electron chi connectivity index (χ2n) is 12.1. The van der Waals surface area contributed by atoms with Gasteiger partial charge in [0.2, 0.25) is 5.95 Å². The lowest BCUT2D eigenvalue weighted by molar-refractivity contribution is -0.144. The van der Waals surface area contributed by atoms with E-state index in [9.17, 15) is 18.7 Å². The van der Waals surface area contributed by atoms with E-state index < -0.39 is 17.7 Å². The summed E-state index contributed by atoms with van der Waals surface area (Å²) in [6.07, 6.45) is 2.84. The van der Waals surface area contributed by atoms with Crippen molar-refractivity contribution in [3.63, 3.8) is 0 Å². The number of nitrogens with zero attached hydrogens (tertiary/aromatic N) is 6. The van der Waals surface area contributed by atoms with Crippen LogP contribution in [-0.4, -0.2) is 94.1 Å². The Kier molecular flexibility index (Phi) is 13.4. The number of aliphatic imine (C=N–C) groups is 1. The summed E-state index contributed by atoms with van der Waals surface area (Å²) >= 11 is 6.34. The zero-order chi connectivity index (χ0) is 37.9. The first-order valence-corrected chi connectivity index (χ1v) is 17.7. The summed E-state index contributed by atoms with van der Waals surface area (Å²) in [5.41, 5.74) is 4.49. The Balaban J connectivity index is 0.991. The van der Waals surface area contributed by atoms with Crippen molar-refractivity contribution in [3.05, 3.63) is 106 Å². The minimum Gasteiger partial charge on any atom is -0.466 e. The maximum Gasteiger partial charge on any atom is 0.308 e. The molecule has 5 aromatic rings. The molecular formula is C38H38ClF2N7O6. The smallest absolute Gasteiger partial charge is 0.308 e. The van der Waals surface area contributed by atoms with Crippen LogP contribution in [0.3, 0.4) is 0 Å². The lowest BCUT2D eigenvalue weighted by atomic mass is 9.95. The van der Waals surface area contributed by atoms with Gasteiger partial charge in [-0.3, -0.25) is 9.79 Å². The molecule has 0 saturated heterocycles. The molecule has 3 aromatic carbocycles. The van der Waals surface area contributed by atoms with E-state index in [0.29, 0.717) is 65.4 Å². The van der Waals surface area contributed by atoms with Crippen molar-refractivity contribution >= 4 is 34.9 Å². The summed E-state index contributed by atoms with van der Waals surface area (Å²) in [6, 6.07) is 16.3. The first-order chi connectivity index (χ1) is 26.3. The third-order valence-corrected chi connectivity index (χ3v) is 8.39. The minimum atomic E-state index is -0.799. The maximum absolute atomic E-state index is 14.9. The van der Waals surface area contributed by atoms with Gasteiger partial charge < -0.3 is 29.4 Å². The Labute approximate surface area is 314 Å². The van der Waals surface area contributed by atoms with Crippen LogP contribution in [0.4, 0.5) is 20.4 Å². The highest BCUT2D eigenvalue weighted by atomic mass is 35.5. The molecule has 2 N–H and O–H groups in total. The van der Waals surface area contributed by atoms with E-state index >= 15 is 0 Å². The van der Waals surface area contributed by atoms with Crippen LogP contribution in [0.25, 0.3) is 22.5 Å². The Morgan fingerprint density at radius 1 is 0.981 bits per heavy atom. The number of aromatic nitrogens is 5. The van der Waals surface area contributed by atoms with Gasteiger partial charge in [0.25, 0.3) is 0 Å². The fraction of sp³-hybridized carbons (Fsp3) is 0.316. The molecule has 2 aromatic heterocycles. The number of carbonyl (C=O) groups excluding carboxylic acids is 1. The molecule has 54 heavy (non-hydrogen) atoms. The molecule has 0 radical (unpaired) electrons. The third-order valence-electron chi connectivity index (χ3n) is 8.15. The van der Waals surface area contributed by atoms with Crippen molar-refractivity contribution in [2.75, 3.05) is 51.6 Å². The van der Waals surface area contributed by atoms with Crippen molar-refractivity contribution in [3.8, 4) is 22.5 Å². The summed E-state index contributed by atoms with van der Waals surface area (Å²) in [5.74, 6) is -1.43. The molecule has 13 nitrogen and oxygen atoms in total. The van der Waals surface area contributed by atoms with Crippen LogP contribution in [0.2, 0.25) is 5.02 Å². The Bertz CT molecular complexity index is 2060. The number of rotatable bonds is 18. The fourth-order valence-corrected chi connectivity index (χ4v) is 5.74.